The Morgan fingerprint density at radius 3 is 2.23 bits per heavy atom. The minimum atomic E-state index is -0.355. The number of rotatable bonds is 12. The van der Waals surface area contributed by atoms with Crippen LogP contribution in [0.5, 0.6) is 23.0 Å². The van der Waals surface area contributed by atoms with Crippen molar-refractivity contribution in [2.24, 2.45) is 0 Å². The average molecular weight is 532 g/mol. The second kappa shape index (κ2) is 12.6. The van der Waals surface area contributed by atoms with E-state index >= 15 is 0 Å². The second-order valence-corrected chi connectivity index (χ2v) is 9.61. The third kappa shape index (κ3) is 6.11. The molecular formula is C31H37N3O5. The van der Waals surface area contributed by atoms with Gasteiger partial charge < -0.3 is 28.8 Å². The molecule has 0 aliphatic carbocycles. The number of nitrogens with one attached hydrogen (secondary N) is 1. The largest absolute Gasteiger partial charge is 0.493 e. The number of hydrogen-bond donors (Lipinski definition) is 1. The SMILES string of the molecule is COc1cc(C(=O)NC(C)c2nc3ccccc3n2CCCOc2ccccc2C(C)C)cc(OC)c1OC. The second-order valence-electron chi connectivity index (χ2n) is 9.61. The topological polar surface area (TPSA) is 83.8 Å². The summed E-state index contributed by atoms with van der Waals surface area (Å²) in [5.74, 6) is 3.09. The van der Waals surface area contributed by atoms with E-state index in [1.54, 1.807) is 12.1 Å². The van der Waals surface area contributed by atoms with E-state index < -0.39 is 0 Å². The van der Waals surface area contributed by atoms with Crippen molar-refractivity contribution in [2.75, 3.05) is 27.9 Å². The Labute approximate surface area is 229 Å². The number of methoxy groups -OCH3 is 3. The first-order valence-electron chi connectivity index (χ1n) is 13.2. The van der Waals surface area contributed by atoms with Crippen LogP contribution in [0.2, 0.25) is 0 Å². The van der Waals surface area contributed by atoms with Crippen molar-refractivity contribution in [1.29, 1.82) is 0 Å². The van der Waals surface area contributed by atoms with Gasteiger partial charge in [0.2, 0.25) is 5.75 Å². The van der Waals surface area contributed by atoms with Crippen molar-refractivity contribution in [2.45, 2.75) is 45.7 Å². The zero-order chi connectivity index (χ0) is 27.9. The Morgan fingerprint density at radius 1 is 0.897 bits per heavy atom. The van der Waals surface area contributed by atoms with Gasteiger partial charge in [0.25, 0.3) is 5.91 Å². The number of carbonyl (C=O) groups excluding carboxylic acids is 1. The van der Waals surface area contributed by atoms with Crippen molar-refractivity contribution < 1.29 is 23.7 Å². The quantitative estimate of drug-likeness (QED) is 0.221. The molecule has 0 radical (unpaired) electrons. The molecule has 1 N–H and O–H groups in total. The number of carbonyl (C=O) groups is 1. The van der Waals surface area contributed by atoms with Gasteiger partial charge in [-0.1, -0.05) is 44.2 Å². The molecule has 3 aromatic carbocycles. The van der Waals surface area contributed by atoms with Gasteiger partial charge in [0.1, 0.15) is 11.6 Å². The molecule has 0 aliphatic heterocycles. The normalized spacial score (nSPS) is 11.9. The lowest BCUT2D eigenvalue weighted by molar-refractivity contribution is 0.0936. The molecule has 8 nitrogen and oxygen atoms in total. The van der Waals surface area contributed by atoms with E-state index in [0.717, 1.165) is 29.0 Å². The molecule has 0 spiro atoms. The van der Waals surface area contributed by atoms with Crippen LogP contribution in [0.15, 0.2) is 60.7 Å². The monoisotopic (exact) mass is 531 g/mol. The van der Waals surface area contributed by atoms with Crippen molar-refractivity contribution in [3.8, 4) is 23.0 Å². The highest BCUT2D eigenvalue weighted by Gasteiger charge is 2.22. The van der Waals surface area contributed by atoms with Gasteiger partial charge in [-0.3, -0.25) is 4.79 Å². The van der Waals surface area contributed by atoms with Gasteiger partial charge in [0, 0.05) is 12.1 Å². The van der Waals surface area contributed by atoms with Gasteiger partial charge in [-0.15, -0.1) is 0 Å². The fourth-order valence-electron chi connectivity index (χ4n) is 4.71. The van der Waals surface area contributed by atoms with Crippen LogP contribution in [0.4, 0.5) is 0 Å². The summed E-state index contributed by atoms with van der Waals surface area (Å²) in [7, 11) is 4.57. The highest BCUT2D eigenvalue weighted by Crippen LogP contribution is 2.38. The summed E-state index contributed by atoms with van der Waals surface area (Å²) < 4.78 is 24.5. The number of fused-ring (bicyclic) bond motifs is 1. The fourth-order valence-corrected chi connectivity index (χ4v) is 4.71. The molecule has 4 aromatic rings. The van der Waals surface area contributed by atoms with E-state index in [-0.39, 0.29) is 11.9 Å². The summed E-state index contributed by atoms with van der Waals surface area (Å²) in [5, 5.41) is 3.08. The van der Waals surface area contributed by atoms with E-state index in [4.69, 9.17) is 23.9 Å². The molecule has 1 amide bonds. The van der Waals surface area contributed by atoms with Crippen LogP contribution in [0.25, 0.3) is 11.0 Å². The lowest BCUT2D eigenvalue weighted by atomic mass is 10.0. The first-order chi connectivity index (χ1) is 18.9. The molecule has 1 unspecified atom stereocenters. The van der Waals surface area contributed by atoms with Crippen molar-refractivity contribution in [3.63, 3.8) is 0 Å². The molecule has 1 aromatic heterocycles. The molecule has 1 atom stereocenters. The number of benzene rings is 3. The molecular weight excluding hydrogens is 494 g/mol. The van der Waals surface area contributed by atoms with Gasteiger partial charge in [0.05, 0.1) is 45.0 Å². The highest BCUT2D eigenvalue weighted by atomic mass is 16.5. The van der Waals surface area contributed by atoms with Crippen molar-refractivity contribution in [3.05, 3.63) is 77.6 Å². The molecule has 8 heteroatoms. The first-order valence-corrected chi connectivity index (χ1v) is 13.2. The zero-order valence-electron chi connectivity index (χ0n) is 23.5. The first kappa shape index (κ1) is 27.8. The number of imidazole rings is 1. The van der Waals surface area contributed by atoms with Gasteiger partial charge in [-0.05, 0) is 55.2 Å². The Balaban J connectivity index is 1.52. The number of nitrogens with zero attached hydrogens (tertiary/aromatic N) is 2. The summed E-state index contributed by atoms with van der Waals surface area (Å²) in [5.41, 5.74) is 3.50. The third-order valence-electron chi connectivity index (χ3n) is 6.67. The molecule has 4 rings (SSSR count). The molecule has 0 saturated heterocycles. The minimum absolute atomic E-state index is 0.269. The summed E-state index contributed by atoms with van der Waals surface area (Å²) in [6.45, 7) is 7.54. The predicted molar refractivity (Wildman–Crippen MR) is 152 cm³/mol. The fraction of sp³-hybridized carbons (Fsp3) is 0.355. The Morgan fingerprint density at radius 2 is 1.56 bits per heavy atom. The van der Waals surface area contributed by atoms with Crippen LogP contribution in [0.3, 0.4) is 0 Å². The smallest absolute Gasteiger partial charge is 0.252 e. The van der Waals surface area contributed by atoms with Gasteiger partial charge >= 0.3 is 0 Å². The van der Waals surface area contributed by atoms with E-state index in [1.165, 1.54) is 26.9 Å². The molecule has 0 bridgehead atoms. The Bertz CT molecular complexity index is 1400. The predicted octanol–water partition coefficient (Wildman–Crippen LogP) is 6.15. The standard InChI is InChI=1S/C31H37N3O5/c1-20(2)23-12-7-10-15-26(23)39-17-11-16-34-25-14-9-8-13-24(25)33-30(34)21(3)32-31(35)22-18-27(36-4)29(38-6)28(19-22)37-5/h7-10,12-15,18-21H,11,16-17H2,1-6H3,(H,32,35). The van der Waals surface area contributed by atoms with Crippen LogP contribution in [-0.4, -0.2) is 43.4 Å². The minimum Gasteiger partial charge on any atom is -0.493 e. The third-order valence-corrected chi connectivity index (χ3v) is 6.67. The Kier molecular flexibility index (Phi) is 8.96. The number of ether oxygens (including phenoxy) is 4. The maximum atomic E-state index is 13.3. The van der Waals surface area contributed by atoms with E-state index in [2.05, 4.69) is 35.9 Å². The van der Waals surface area contributed by atoms with E-state index in [1.807, 2.05) is 43.3 Å². The molecule has 206 valence electrons. The molecule has 1 heterocycles. The number of aryl methyl sites for hydroxylation is 1. The lowest BCUT2D eigenvalue weighted by Crippen LogP contribution is -2.29. The van der Waals surface area contributed by atoms with Crippen LogP contribution in [0.1, 0.15) is 60.9 Å². The Hall–Kier alpha value is -4.20. The van der Waals surface area contributed by atoms with Crippen LogP contribution in [0, 0.1) is 0 Å². The van der Waals surface area contributed by atoms with Crippen LogP contribution < -0.4 is 24.3 Å². The van der Waals surface area contributed by atoms with Crippen LogP contribution in [-0.2, 0) is 6.54 Å². The van der Waals surface area contributed by atoms with Gasteiger partial charge in [0.15, 0.2) is 11.5 Å². The molecule has 0 fully saturated rings. The summed E-state index contributed by atoms with van der Waals surface area (Å²) in [6.07, 6.45) is 0.785. The summed E-state index contributed by atoms with van der Waals surface area (Å²) in [6, 6.07) is 19.1. The number of para-hydroxylation sites is 3. The summed E-state index contributed by atoms with van der Waals surface area (Å²) in [4.78, 5) is 18.1. The number of hydrogen-bond acceptors (Lipinski definition) is 6. The summed E-state index contributed by atoms with van der Waals surface area (Å²) >= 11 is 0. The maximum absolute atomic E-state index is 13.3. The zero-order valence-corrected chi connectivity index (χ0v) is 23.5. The van der Waals surface area contributed by atoms with E-state index in [9.17, 15) is 4.79 Å². The maximum Gasteiger partial charge on any atom is 0.252 e. The number of amides is 1. The average Bonchev–Trinajstić information content (AvgIpc) is 3.33. The van der Waals surface area contributed by atoms with Crippen LogP contribution >= 0.6 is 0 Å². The molecule has 0 aliphatic rings. The van der Waals surface area contributed by atoms with Gasteiger partial charge in [-0.25, -0.2) is 4.98 Å². The van der Waals surface area contributed by atoms with E-state index in [0.29, 0.717) is 41.9 Å². The molecule has 0 saturated carbocycles. The van der Waals surface area contributed by atoms with Gasteiger partial charge in [-0.2, -0.15) is 0 Å². The molecule has 39 heavy (non-hydrogen) atoms. The lowest BCUT2D eigenvalue weighted by Gasteiger charge is -2.18. The number of aromatic nitrogens is 2. The highest BCUT2D eigenvalue weighted by molar-refractivity contribution is 5.96. The van der Waals surface area contributed by atoms with Crippen molar-refractivity contribution >= 4 is 16.9 Å². The van der Waals surface area contributed by atoms with Crippen molar-refractivity contribution in [1.82, 2.24) is 14.9 Å².